The Hall–Kier alpha value is -0.840. The molecule has 0 spiro atoms. The van der Waals surface area contributed by atoms with Gasteiger partial charge in [0.05, 0.1) is 0 Å². The molecule has 1 aliphatic carbocycles. The highest BCUT2D eigenvalue weighted by Crippen LogP contribution is 2.30. The van der Waals surface area contributed by atoms with Crippen LogP contribution in [0.3, 0.4) is 0 Å². The van der Waals surface area contributed by atoms with Gasteiger partial charge < -0.3 is 4.90 Å². The Morgan fingerprint density at radius 3 is 2.58 bits per heavy atom. The molecule has 1 aromatic heterocycles. The van der Waals surface area contributed by atoms with Gasteiger partial charge in [0, 0.05) is 19.6 Å². The summed E-state index contributed by atoms with van der Waals surface area (Å²) >= 11 is 5.31. The molecule has 19 heavy (non-hydrogen) atoms. The van der Waals surface area contributed by atoms with E-state index >= 15 is 0 Å². The summed E-state index contributed by atoms with van der Waals surface area (Å²) in [6.45, 7) is 5.42. The Bertz CT molecular complexity index is 443. The minimum atomic E-state index is 0.614. The second-order valence-electron chi connectivity index (χ2n) is 5.67. The Morgan fingerprint density at radius 1 is 1.32 bits per heavy atom. The summed E-state index contributed by atoms with van der Waals surface area (Å²) in [5, 5.41) is 7.36. The van der Waals surface area contributed by atoms with Gasteiger partial charge in [-0.3, -0.25) is 4.57 Å². The molecule has 0 aliphatic heterocycles. The summed E-state index contributed by atoms with van der Waals surface area (Å²) in [6, 6.07) is 0.614. The Labute approximate surface area is 121 Å². The lowest BCUT2D eigenvalue weighted by atomic mass is 9.84. The van der Waals surface area contributed by atoms with E-state index in [4.69, 9.17) is 12.2 Å². The molecule has 0 saturated heterocycles. The number of H-pyrrole nitrogens is 1. The molecule has 1 aromatic rings. The van der Waals surface area contributed by atoms with Crippen LogP contribution in [-0.4, -0.2) is 27.9 Å². The van der Waals surface area contributed by atoms with Crippen LogP contribution in [0, 0.1) is 10.7 Å². The van der Waals surface area contributed by atoms with E-state index in [0.29, 0.717) is 6.04 Å². The second kappa shape index (κ2) is 6.55. The fraction of sp³-hybridized carbons (Fsp3) is 0.857. The van der Waals surface area contributed by atoms with Crippen molar-refractivity contribution in [2.24, 2.45) is 5.92 Å². The van der Waals surface area contributed by atoms with E-state index in [9.17, 15) is 0 Å². The largest absolute Gasteiger partial charge is 0.341 e. The number of nitrogens with zero attached hydrogens (tertiary/aromatic N) is 3. The van der Waals surface area contributed by atoms with Crippen LogP contribution in [-0.2, 0) is 6.54 Å². The lowest BCUT2D eigenvalue weighted by Gasteiger charge is -2.34. The summed E-state index contributed by atoms with van der Waals surface area (Å²) in [5.74, 6) is 1.94. The zero-order valence-corrected chi connectivity index (χ0v) is 13.2. The molecule has 1 saturated carbocycles. The Morgan fingerprint density at radius 2 is 2.00 bits per heavy atom. The number of hydrogen-bond donors (Lipinski definition) is 1. The van der Waals surface area contributed by atoms with Gasteiger partial charge in [-0.2, -0.15) is 0 Å². The SMILES string of the molecule is CCCn1c(N(C)C2CCC(CC)CC2)n[nH]c1=S. The molecule has 1 fully saturated rings. The maximum atomic E-state index is 5.31. The van der Waals surface area contributed by atoms with E-state index in [0.717, 1.165) is 29.6 Å². The minimum Gasteiger partial charge on any atom is -0.341 e. The first-order chi connectivity index (χ1) is 9.17. The molecule has 0 atom stereocenters. The van der Waals surface area contributed by atoms with Crippen molar-refractivity contribution < 1.29 is 0 Å². The maximum absolute atomic E-state index is 5.31. The van der Waals surface area contributed by atoms with Crippen molar-refractivity contribution in [2.75, 3.05) is 11.9 Å². The van der Waals surface area contributed by atoms with Gasteiger partial charge in [-0.25, -0.2) is 5.10 Å². The van der Waals surface area contributed by atoms with E-state index in [1.54, 1.807) is 0 Å². The fourth-order valence-corrected chi connectivity index (χ4v) is 3.33. The molecule has 1 heterocycles. The van der Waals surface area contributed by atoms with E-state index in [1.165, 1.54) is 32.1 Å². The van der Waals surface area contributed by atoms with Crippen LogP contribution in [0.5, 0.6) is 0 Å². The molecule has 0 aromatic carbocycles. The smallest absolute Gasteiger partial charge is 0.225 e. The monoisotopic (exact) mass is 282 g/mol. The number of hydrogen-bond acceptors (Lipinski definition) is 3. The molecule has 1 N–H and O–H groups in total. The second-order valence-corrected chi connectivity index (χ2v) is 6.06. The van der Waals surface area contributed by atoms with Crippen molar-refractivity contribution >= 4 is 18.2 Å². The van der Waals surface area contributed by atoms with Crippen LogP contribution in [0.4, 0.5) is 5.95 Å². The summed E-state index contributed by atoms with van der Waals surface area (Å²) in [5.41, 5.74) is 0. The van der Waals surface area contributed by atoms with Crippen LogP contribution < -0.4 is 4.90 Å². The van der Waals surface area contributed by atoms with Crippen molar-refractivity contribution in [3.05, 3.63) is 4.77 Å². The van der Waals surface area contributed by atoms with E-state index in [1.807, 2.05) is 0 Å². The van der Waals surface area contributed by atoms with Crippen LogP contribution in [0.1, 0.15) is 52.4 Å². The van der Waals surface area contributed by atoms with Crippen LogP contribution in [0.15, 0.2) is 0 Å². The van der Waals surface area contributed by atoms with Crippen molar-refractivity contribution in [3.63, 3.8) is 0 Å². The van der Waals surface area contributed by atoms with Gasteiger partial charge in [-0.1, -0.05) is 20.3 Å². The molecular formula is C14H26N4S. The average Bonchev–Trinajstić information content (AvgIpc) is 2.80. The molecule has 4 nitrogen and oxygen atoms in total. The Kier molecular flexibility index (Phi) is 5.02. The third-order valence-electron chi connectivity index (χ3n) is 4.44. The van der Waals surface area contributed by atoms with Gasteiger partial charge in [0.1, 0.15) is 0 Å². The topological polar surface area (TPSA) is 36.9 Å². The van der Waals surface area contributed by atoms with Gasteiger partial charge in [-0.15, -0.1) is 5.10 Å². The standard InChI is InChI=1S/C14H26N4S/c1-4-10-18-13(15-16-14(18)19)17(3)12-8-6-11(5-2)7-9-12/h11-12H,4-10H2,1-3H3,(H,16,19). The maximum Gasteiger partial charge on any atom is 0.225 e. The first kappa shape index (κ1) is 14.6. The van der Waals surface area contributed by atoms with Crippen LogP contribution >= 0.6 is 12.2 Å². The van der Waals surface area contributed by atoms with Gasteiger partial charge >= 0.3 is 0 Å². The number of anilines is 1. The molecule has 2 rings (SSSR count). The van der Waals surface area contributed by atoms with Gasteiger partial charge in [0.15, 0.2) is 4.77 Å². The van der Waals surface area contributed by atoms with Crippen LogP contribution in [0.2, 0.25) is 0 Å². The minimum absolute atomic E-state index is 0.614. The summed E-state index contributed by atoms with van der Waals surface area (Å²) in [4.78, 5) is 2.33. The average molecular weight is 282 g/mol. The lowest BCUT2D eigenvalue weighted by Crippen LogP contribution is -2.36. The Balaban J connectivity index is 2.07. The van der Waals surface area contributed by atoms with Crippen LogP contribution in [0.25, 0.3) is 0 Å². The van der Waals surface area contributed by atoms with Gasteiger partial charge in [-0.05, 0) is 50.2 Å². The number of aromatic nitrogens is 3. The van der Waals surface area contributed by atoms with E-state index in [2.05, 4.69) is 40.6 Å². The predicted octanol–water partition coefficient (Wildman–Crippen LogP) is 3.76. The quantitative estimate of drug-likeness (QED) is 0.836. The number of nitrogens with one attached hydrogen (secondary N) is 1. The fourth-order valence-electron chi connectivity index (χ4n) is 3.11. The molecular weight excluding hydrogens is 256 g/mol. The normalized spacial score (nSPS) is 23.5. The van der Waals surface area contributed by atoms with E-state index in [-0.39, 0.29) is 0 Å². The predicted molar refractivity (Wildman–Crippen MR) is 82.1 cm³/mol. The third-order valence-corrected chi connectivity index (χ3v) is 4.75. The number of rotatable bonds is 5. The molecule has 5 heteroatoms. The zero-order valence-electron chi connectivity index (χ0n) is 12.4. The molecule has 1 aliphatic rings. The molecule has 0 bridgehead atoms. The molecule has 108 valence electrons. The highest BCUT2D eigenvalue weighted by Gasteiger charge is 2.25. The summed E-state index contributed by atoms with van der Waals surface area (Å²) in [7, 11) is 2.16. The molecule has 0 radical (unpaired) electrons. The zero-order chi connectivity index (χ0) is 13.8. The van der Waals surface area contributed by atoms with Crippen molar-refractivity contribution in [1.29, 1.82) is 0 Å². The van der Waals surface area contributed by atoms with Crippen molar-refractivity contribution in [3.8, 4) is 0 Å². The van der Waals surface area contributed by atoms with Gasteiger partial charge in [0.25, 0.3) is 0 Å². The van der Waals surface area contributed by atoms with Gasteiger partial charge in [0.2, 0.25) is 5.95 Å². The van der Waals surface area contributed by atoms with Crippen molar-refractivity contribution in [1.82, 2.24) is 14.8 Å². The van der Waals surface area contributed by atoms with Crippen molar-refractivity contribution in [2.45, 2.75) is 65.0 Å². The molecule has 0 amide bonds. The highest BCUT2D eigenvalue weighted by molar-refractivity contribution is 7.71. The molecule has 0 unspecified atom stereocenters. The third kappa shape index (κ3) is 3.19. The van der Waals surface area contributed by atoms with E-state index < -0.39 is 0 Å². The highest BCUT2D eigenvalue weighted by atomic mass is 32.1. The first-order valence-electron chi connectivity index (χ1n) is 7.55. The first-order valence-corrected chi connectivity index (χ1v) is 7.96. The summed E-state index contributed by atoms with van der Waals surface area (Å²) in [6.07, 6.45) is 7.67. The lowest BCUT2D eigenvalue weighted by molar-refractivity contribution is 0.311. The summed E-state index contributed by atoms with van der Waals surface area (Å²) < 4.78 is 2.87. The number of aromatic amines is 1.